The molecule has 2 heterocycles. The van der Waals surface area contributed by atoms with Gasteiger partial charge >= 0.3 is 0 Å². The van der Waals surface area contributed by atoms with Gasteiger partial charge in [-0.3, -0.25) is 4.79 Å². The zero-order valence-electron chi connectivity index (χ0n) is 14.4. The first-order chi connectivity index (χ1) is 10.7. The maximum Gasteiger partial charge on any atom is 0.289 e. The standard InChI is InChI=1S/C17H27NO4S/c1-12(2)15-7-5-13(3)9-10-18(15)17(19)16-8-6-14(22-16)11-23(4,20)21/h6,8,12-13,15H,5,7,9-11H2,1-4H3/t13-,15-/m0/s1. The molecular formula is C17H27NO4S. The van der Waals surface area contributed by atoms with E-state index in [0.29, 0.717) is 17.6 Å². The average molecular weight is 341 g/mol. The molecule has 1 fully saturated rings. The largest absolute Gasteiger partial charge is 0.455 e. The summed E-state index contributed by atoms with van der Waals surface area (Å²) in [5, 5.41) is 0. The van der Waals surface area contributed by atoms with Crippen molar-refractivity contribution in [3.63, 3.8) is 0 Å². The summed E-state index contributed by atoms with van der Waals surface area (Å²) in [6.45, 7) is 7.23. The second-order valence-electron chi connectivity index (χ2n) is 7.12. The van der Waals surface area contributed by atoms with Crippen molar-refractivity contribution in [2.75, 3.05) is 12.8 Å². The molecule has 1 aliphatic rings. The fourth-order valence-electron chi connectivity index (χ4n) is 3.20. The Bertz CT molecular complexity index is 647. The van der Waals surface area contributed by atoms with Gasteiger partial charge in [0.15, 0.2) is 15.6 Å². The summed E-state index contributed by atoms with van der Waals surface area (Å²) in [5.74, 6) is 1.26. The summed E-state index contributed by atoms with van der Waals surface area (Å²) >= 11 is 0. The van der Waals surface area contributed by atoms with Gasteiger partial charge in [0.25, 0.3) is 5.91 Å². The number of likely N-dealkylation sites (tertiary alicyclic amines) is 1. The lowest BCUT2D eigenvalue weighted by Crippen LogP contribution is -2.42. The lowest BCUT2D eigenvalue weighted by Gasteiger charge is -2.32. The van der Waals surface area contributed by atoms with Crippen molar-refractivity contribution in [3.8, 4) is 0 Å². The Hall–Kier alpha value is -1.30. The highest BCUT2D eigenvalue weighted by Gasteiger charge is 2.31. The minimum absolute atomic E-state index is 0.127. The Labute approximate surface area is 139 Å². The van der Waals surface area contributed by atoms with Crippen molar-refractivity contribution in [1.29, 1.82) is 0 Å². The molecule has 0 bridgehead atoms. The van der Waals surface area contributed by atoms with E-state index in [1.165, 1.54) is 0 Å². The molecule has 1 amide bonds. The second-order valence-corrected chi connectivity index (χ2v) is 9.26. The smallest absolute Gasteiger partial charge is 0.289 e. The summed E-state index contributed by atoms with van der Waals surface area (Å²) in [6, 6.07) is 3.38. The van der Waals surface area contributed by atoms with Crippen LogP contribution in [0.2, 0.25) is 0 Å². The number of carbonyl (C=O) groups excluding carboxylic acids is 1. The minimum Gasteiger partial charge on any atom is -0.455 e. The van der Waals surface area contributed by atoms with Crippen LogP contribution in [0.4, 0.5) is 0 Å². The van der Waals surface area contributed by atoms with E-state index < -0.39 is 9.84 Å². The van der Waals surface area contributed by atoms with Gasteiger partial charge in [0.2, 0.25) is 0 Å². The third kappa shape index (κ3) is 4.83. The van der Waals surface area contributed by atoms with Crippen LogP contribution in [0.1, 0.15) is 56.3 Å². The van der Waals surface area contributed by atoms with Crippen molar-refractivity contribution in [1.82, 2.24) is 4.90 Å². The number of nitrogens with zero attached hydrogens (tertiary/aromatic N) is 1. The molecule has 0 saturated carbocycles. The SMILES string of the molecule is CC(C)[C@@H]1CC[C@H](C)CCN1C(=O)c1ccc(CS(C)(=O)=O)o1. The van der Waals surface area contributed by atoms with Crippen LogP contribution in [-0.4, -0.2) is 38.1 Å². The zero-order chi connectivity index (χ0) is 17.2. The van der Waals surface area contributed by atoms with E-state index in [1.54, 1.807) is 12.1 Å². The molecule has 1 saturated heterocycles. The molecule has 0 unspecified atom stereocenters. The van der Waals surface area contributed by atoms with Crippen LogP contribution in [0.15, 0.2) is 16.5 Å². The van der Waals surface area contributed by atoms with Gasteiger partial charge in [-0.15, -0.1) is 0 Å². The molecule has 0 aromatic carbocycles. The van der Waals surface area contributed by atoms with Gasteiger partial charge in [0.05, 0.1) is 0 Å². The summed E-state index contributed by atoms with van der Waals surface area (Å²) in [5.41, 5.74) is 0. The number of furan rings is 1. The second kappa shape index (κ2) is 7.07. The Morgan fingerprint density at radius 3 is 2.61 bits per heavy atom. The molecule has 6 heteroatoms. The summed E-state index contributed by atoms with van der Waals surface area (Å²) < 4.78 is 28.2. The van der Waals surface area contributed by atoms with Crippen molar-refractivity contribution < 1.29 is 17.6 Å². The van der Waals surface area contributed by atoms with Crippen LogP contribution >= 0.6 is 0 Å². The predicted molar refractivity (Wildman–Crippen MR) is 89.9 cm³/mol. The number of hydrogen-bond acceptors (Lipinski definition) is 4. The summed E-state index contributed by atoms with van der Waals surface area (Å²) in [6.07, 6.45) is 4.28. The summed E-state index contributed by atoms with van der Waals surface area (Å²) in [7, 11) is -3.17. The quantitative estimate of drug-likeness (QED) is 0.844. The number of sulfone groups is 1. The van der Waals surface area contributed by atoms with Gasteiger partial charge in [-0.1, -0.05) is 20.8 Å². The molecule has 5 nitrogen and oxygen atoms in total. The highest BCUT2D eigenvalue weighted by molar-refractivity contribution is 7.89. The van der Waals surface area contributed by atoms with E-state index >= 15 is 0 Å². The Morgan fingerprint density at radius 1 is 1.30 bits per heavy atom. The van der Waals surface area contributed by atoms with Gasteiger partial charge in [-0.2, -0.15) is 0 Å². The molecule has 2 atom stereocenters. The highest BCUT2D eigenvalue weighted by atomic mass is 32.2. The Kier molecular flexibility index (Phi) is 5.55. The molecule has 23 heavy (non-hydrogen) atoms. The monoisotopic (exact) mass is 341 g/mol. The molecule has 2 rings (SSSR count). The normalized spacial score (nSPS) is 23.1. The van der Waals surface area contributed by atoms with Crippen molar-refractivity contribution in [2.45, 2.75) is 51.8 Å². The van der Waals surface area contributed by atoms with E-state index in [4.69, 9.17) is 4.42 Å². The molecule has 1 aromatic rings. The Balaban J connectivity index is 2.19. The van der Waals surface area contributed by atoms with E-state index in [2.05, 4.69) is 20.8 Å². The van der Waals surface area contributed by atoms with Crippen LogP contribution in [-0.2, 0) is 15.6 Å². The molecular weight excluding hydrogens is 314 g/mol. The number of hydrogen-bond donors (Lipinski definition) is 0. The van der Waals surface area contributed by atoms with Gasteiger partial charge in [-0.05, 0) is 43.2 Å². The lowest BCUT2D eigenvalue weighted by molar-refractivity contribution is 0.0597. The van der Waals surface area contributed by atoms with Crippen molar-refractivity contribution in [2.24, 2.45) is 11.8 Å². The van der Waals surface area contributed by atoms with E-state index in [0.717, 1.165) is 32.1 Å². The zero-order valence-corrected chi connectivity index (χ0v) is 15.2. The molecule has 0 spiro atoms. The van der Waals surface area contributed by atoms with E-state index in [9.17, 15) is 13.2 Å². The van der Waals surface area contributed by atoms with Crippen molar-refractivity contribution in [3.05, 3.63) is 23.7 Å². The van der Waals surface area contributed by atoms with Crippen LogP contribution in [0.5, 0.6) is 0 Å². The number of rotatable bonds is 4. The highest BCUT2D eigenvalue weighted by Crippen LogP contribution is 2.27. The van der Waals surface area contributed by atoms with Gasteiger partial charge < -0.3 is 9.32 Å². The van der Waals surface area contributed by atoms with Crippen molar-refractivity contribution >= 4 is 15.7 Å². The lowest BCUT2D eigenvalue weighted by atomic mass is 9.95. The van der Waals surface area contributed by atoms with Crippen LogP contribution in [0.3, 0.4) is 0 Å². The molecule has 1 aromatic heterocycles. The van der Waals surface area contributed by atoms with Gasteiger partial charge in [-0.25, -0.2) is 8.42 Å². The topological polar surface area (TPSA) is 67.6 Å². The van der Waals surface area contributed by atoms with Crippen LogP contribution < -0.4 is 0 Å². The Morgan fingerprint density at radius 2 is 2.00 bits per heavy atom. The maximum absolute atomic E-state index is 12.8. The third-order valence-electron chi connectivity index (χ3n) is 4.53. The molecule has 0 N–H and O–H groups in total. The number of amides is 1. The maximum atomic E-state index is 12.8. The van der Waals surface area contributed by atoms with Gasteiger partial charge in [0, 0.05) is 18.8 Å². The third-order valence-corrected chi connectivity index (χ3v) is 5.33. The molecule has 0 radical (unpaired) electrons. The first-order valence-corrected chi connectivity index (χ1v) is 10.3. The average Bonchev–Trinajstić information content (AvgIpc) is 2.77. The first kappa shape index (κ1) is 18.0. The summed E-state index contributed by atoms with van der Waals surface area (Å²) in [4.78, 5) is 14.7. The van der Waals surface area contributed by atoms with Crippen LogP contribution in [0.25, 0.3) is 0 Å². The van der Waals surface area contributed by atoms with E-state index in [-0.39, 0.29) is 23.5 Å². The molecule has 1 aliphatic heterocycles. The first-order valence-electron chi connectivity index (χ1n) is 8.25. The minimum atomic E-state index is -3.17. The molecule has 0 aliphatic carbocycles. The van der Waals surface area contributed by atoms with Gasteiger partial charge in [0.1, 0.15) is 11.5 Å². The predicted octanol–water partition coefficient (Wildman–Crippen LogP) is 3.11. The number of carbonyl (C=O) groups is 1. The fraction of sp³-hybridized carbons (Fsp3) is 0.706. The van der Waals surface area contributed by atoms with E-state index in [1.807, 2.05) is 4.90 Å². The molecule has 130 valence electrons. The fourth-order valence-corrected chi connectivity index (χ4v) is 3.87. The van der Waals surface area contributed by atoms with Crippen LogP contribution in [0, 0.1) is 11.8 Å².